The number of likely N-dealkylation sites (tertiary alicyclic amines) is 1. The standard InChI is InChI=1S/C19H28N2O2/c1-2-9-18(10-6-11-18)14-20-17(22)21-13-12-19(23,15-21)16-7-4-3-5-8-16/h3-5,7-8,23H,2,6,9-15H2,1H3,(H,20,22)/t19-/m1/s1. The van der Waals surface area contributed by atoms with Crippen LogP contribution in [0.4, 0.5) is 4.79 Å². The van der Waals surface area contributed by atoms with Gasteiger partial charge in [-0.1, -0.05) is 50.1 Å². The number of benzene rings is 1. The quantitative estimate of drug-likeness (QED) is 0.876. The minimum absolute atomic E-state index is 0.0285. The number of hydrogen-bond acceptors (Lipinski definition) is 2. The van der Waals surface area contributed by atoms with Crippen molar-refractivity contribution in [3.63, 3.8) is 0 Å². The van der Waals surface area contributed by atoms with Gasteiger partial charge in [-0.15, -0.1) is 0 Å². The third-order valence-corrected chi connectivity index (χ3v) is 5.66. The number of carbonyl (C=O) groups excluding carboxylic acids is 1. The third-order valence-electron chi connectivity index (χ3n) is 5.66. The molecule has 1 aromatic rings. The fourth-order valence-corrected chi connectivity index (χ4v) is 4.05. The molecule has 1 saturated carbocycles. The Morgan fingerprint density at radius 3 is 2.61 bits per heavy atom. The van der Waals surface area contributed by atoms with E-state index in [-0.39, 0.29) is 6.03 Å². The smallest absolute Gasteiger partial charge is 0.317 e. The molecule has 4 nitrogen and oxygen atoms in total. The Morgan fingerprint density at radius 2 is 2.00 bits per heavy atom. The van der Waals surface area contributed by atoms with Gasteiger partial charge in [-0.25, -0.2) is 4.79 Å². The molecular formula is C19H28N2O2. The molecule has 0 spiro atoms. The summed E-state index contributed by atoms with van der Waals surface area (Å²) in [6.45, 7) is 3.98. The Labute approximate surface area is 138 Å². The summed E-state index contributed by atoms with van der Waals surface area (Å²) in [4.78, 5) is 14.2. The highest BCUT2D eigenvalue weighted by molar-refractivity contribution is 5.74. The monoisotopic (exact) mass is 316 g/mol. The minimum atomic E-state index is -0.907. The maximum absolute atomic E-state index is 12.5. The molecule has 23 heavy (non-hydrogen) atoms. The van der Waals surface area contributed by atoms with Gasteiger partial charge in [-0.3, -0.25) is 0 Å². The predicted octanol–water partition coefficient (Wildman–Crippen LogP) is 3.26. The number of aliphatic hydroxyl groups is 1. The van der Waals surface area contributed by atoms with Gasteiger partial charge in [0.25, 0.3) is 0 Å². The van der Waals surface area contributed by atoms with Gasteiger partial charge in [0.15, 0.2) is 0 Å². The van der Waals surface area contributed by atoms with E-state index in [2.05, 4.69) is 12.2 Å². The predicted molar refractivity (Wildman–Crippen MR) is 91.1 cm³/mol. The first-order valence-corrected chi connectivity index (χ1v) is 8.88. The fraction of sp³-hybridized carbons (Fsp3) is 0.632. The summed E-state index contributed by atoms with van der Waals surface area (Å²) in [7, 11) is 0. The van der Waals surface area contributed by atoms with Crippen LogP contribution in [0.3, 0.4) is 0 Å². The molecule has 1 aliphatic carbocycles. The minimum Gasteiger partial charge on any atom is -0.383 e. The van der Waals surface area contributed by atoms with Crippen molar-refractivity contribution in [1.29, 1.82) is 0 Å². The van der Waals surface area contributed by atoms with Gasteiger partial charge >= 0.3 is 6.03 Å². The molecule has 1 heterocycles. The van der Waals surface area contributed by atoms with E-state index < -0.39 is 5.60 Å². The molecule has 1 aliphatic heterocycles. The van der Waals surface area contributed by atoms with E-state index in [0.717, 1.165) is 12.1 Å². The molecule has 0 unspecified atom stereocenters. The summed E-state index contributed by atoms with van der Waals surface area (Å²) in [5.41, 5.74) is 0.326. The first kappa shape index (κ1) is 16.3. The van der Waals surface area contributed by atoms with E-state index >= 15 is 0 Å². The van der Waals surface area contributed by atoms with Crippen molar-refractivity contribution in [2.75, 3.05) is 19.6 Å². The molecule has 2 aliphatic rings. The van der Waals surface area contributed by atoms with Gasteiger partial charge in [-0.05, 0) is 36.7 Å². The van der Waals surface area contributed by atoms with Crippen LogP contribution in [0, 0.1) is 5.41 Å². The van der Waals surface area contributed by atoms with Crippen LogP contribution in [0.1, 0.15) is 51.0 Å². The van der Waals surface area contributed by atoms with Crippen LogP contribution < -0.4 is 5.32 Å². The van der Waals surface area contributed by atoms with Crippen molar-refractivity contribution < 1.29 is 9.90 Å². The average molecular weight is 316 g/mol. The molecule has 4 heteroatoms. The van der Waals surface area contributed by atoms with Crippen molar-refractivity contribution in [2.24, 2.45) is 5.41 Å². The molecular weight excluding hydrogens is 288 g/mol. The lowest BCUT2D eigenvalue weighted by Gasteiger charge is -2.42. The van der Waals surface area contributed by atoms with Crippen molar-refractivity contribution >= 4 is 6.03 Å². The molecule has 1 saturated heterocycles. The Balaban J connectivity index is 1.55. The highest BCUT2D eigenvalue weighted by Crippen LogP contribution is 2.44. The number of urea groups is 1. The molecule has 3 rings (SSSR count). The van der Waals surface area contributed by atoms with Gasteiger partial charge < -0.3 is 15.3 Å². The molecule has 0 aromatic heterocycles. The van der Waals surface area contributed by atoms with E-state index in [0.29, 0.717) is 24.9 Å². The van der Waals surface area contributed by atoms with Crippen molar-refractivity contribution in [2.45, 2.75) is 51.0 Å². The highest BCUT2D eigenvalue weighted by Gasteiger charge is 2.41. The lowest BCUT2D eigenvalue weighted by atomic mass is 9.66. The van der Waals surface area contributed by atoms with Gasteiger partial charge in [0.05, 0.1) is 6.54 Å². The number of amides is 2. The normalized spacial score (nSPS) is 25.9. The SMILES string of the molecule is CCCC1(CNC(=O)N2CC[C@](O)(c3ccccc3)C2)CCC1. The summed E-state index contributed by atoms with van der Waals surface area (Å²) in [6, 6.07) is 9.65. The lowest BCUT2D eigenvalue weighted by molar-refractivity contribution is 0.0488. The molecule has 2 amide bonds. The summed E-state index contributed by atoms with van der Waals surface area (Å²) in [5, 5.41) is 13.9. The van der Waals surface area contributed by atoms with Crippen LogP contribution in [0.15, 0.2) is 30.3 Å². The molecule has 2 N–H and O–H groups in total. The summed E-state index contributed by atoms with van der Waals surface area (Å²) < 4.78 is 0. The maximum Gasteiger partial charge on any atom is 0.317 e. The fourth-order valence-electron chi connectivity index (χ4n) is 4.05. The largest absolute Gasteiger partial charge is 0.383 e. The number of rotatable bonds is 5. The Morgan fingerprint density at radius 1 is 1.26 bits per heavy atom. The Bertz CT molecular complexity index is 542. The zero-order valence-electron chi connectivity index (χ0n) is 14.1. The van der Waals surface area contributed by atoms with E-state index in [4.69, 9.17) is 0 Å². The van der Waals surface area contributed by atoms with Crippen LogP contribution in [-0.4, -0.2) is 35.7 Å². The van der Waals surface area contributed by atoms with E-state index in [1.54, 1.807) is 4.90 Å². The number of nitrogens with one attached hydrogen (secondary N) is 1. The second kappa shape index (κ2) is 6.52. The van der Waals surface area contributed by atoms with Crippen molar-refractivity contribution in [3.8, 4) is 0 Å². The number of nitrogens with zero attached hydrogens (tertiary/aromatic N) is 1. The van der Waals surface area contributed by atoms with E-state index in [1.165, 1.54) is 32.1 Å². The van der Waals surface area contributed by atoms with Crippen LogP contribution >= 0.6 is 0 Å². The van der Waals surface area contributed by atoms with E-state index in [9.17, 15) is 9.90 Å². The van der Waals surface area contributed by atoms with Gasteiger partial charge in [0, 0.05) is 13.1 Å². The number of carbonyl (C=O) groups is 1. The molecule has 0 radical (unpaired) electrons. The van der Waals surface area contributed by atoms with Crippen molar-refractivity contribution in [1.82, 2.24) is 10.2 Å². The van der Waals surface area contributed by atoms with Gasteiger partial charge in [0.1, 0.15) is 5.60 Å². The van der Waals surface area contributed by atoms with Crippen LogP contribution in [-0.2, 0) is 5.60 Å². The van der Waals surface area contributed by atoms with Crippen molar-refractivity contribution in [3.05, 3.63) is 35.9 Å². The number of hydrogen-bond donors (Lipinski definition) is 2. The molecule has 0 bridgehead atoms. The molecule has 1 atom stereocenters. The maximum atomic E-state index is 12.5. The molecule has 126 valence electrons. The van der Waals surface area contributed by atoms with Gasteiger partial charge in [-0.2, -0.15) is 0 Å². The Kier molecular flexibility index (Phi) is 4.62. The summed E-state index contributed by atoms with van der Waals surface area (Å²) >= 11 is 0. The van der Waals surface area contributed by atoms with Crippen LogP contribution in [0.2, 0.25) is 0 Å². The highest BCUT2D eigenvalue weighted by atomic mass is 16.3. The lowest BCUT2D eigenvalue weighted by Crippen LogP contribution is -2.47. The summed E-state index contributed by atoms with van der Waals surface area (Å²) in [6.07, 6.45) is 6.72. The first-order chi connectivity index (χ1) is 11.1. The first-order valence-electron chi connectivity index (χ1n) is 8.88. The van der Waals surface area contributed by atoms with Crippen LogP contribution in [0.5, 0.6) is 0 Å². The molecule has 1 aromatic carbocycles. The topological polar surface area (TPSA) is 52.6 Å². The number of β-amino-alcohol motifs (C(OH)–C–C–N with tert-alkyl or cyclic N) is 1. The second-order valence-electron chi connectivity index (χ2n) is 7.33. The average Bonchev–Trinajstić information content (AvgIpc) is 2.94. The molecule has 2 fully saturated rings. The van der Waals surface area contributed by atoms with Gasteiger partial charge in [0.2, 0.25) is 0 Å². The zero-order valence-corrected chi connectivity index (χ0v) is 14.1. The zero-order chi connectivity index (χ0) is 16.3. The third kappa shape index (κ3) is 3.37. The second-order valence-corrected chi connectivity index (χ2v) is 7.33. The summed E-state index contributed by atoms with van der Waals surface area (Å²) in [5.74, 6) is 0. The van der Waals surface area contributed by atoms with E-state index in [1.807, 2.05) is 30.3 Å². The Hall–Kier alpha value is -1.55. The van der Waals surface area contributed by atoms with Crippen LogP contribution in [0.25, 0.3) is 0 Å².